The third-order valence-corrected chi connectivity index (χ3v) is 19.5. The Labute approximate surface area is 585 Å². The van der Waals surface area contributed by atoms with Crippen LogP contribution >= 0.6 is 7.82 Å². The van der Waals surface area contributed by atoms with Crippen molar-refractivity contribution < 1.29 is 42.1 Å². The van der Waals surface area contributed by atoms with E-state index in [0.29, 0.717) is 17.4 Å². The molecule has 9 nitrogen and oxygen atoms in total. The van der Waals surface area contributed by atoms with Crippen LogP contribution in [0.1, 0.15) is 412 Å². The van der Waals surface area contributed by atoms with E-state index in [2.05, 4.69) is 74.6 Å². The van der Waals surface area contributed by atoms with Gasteiger partial charge in [0.05, 0.1) is 27.7 Å². The fourth-order valence-electron chi connectivity index (χ4n) is 12.3. The van der Waals surface area contributed by atoms with E-state index < -0.39 is 26.5 Å². The van der Waals surface area contributed by atoms with Crippen molar-refractivity contribution in [2.45, 2.75) is 418 Å². The molecule has 0 spiro atoms. The van der Waals surface area contributed by atoms with E-state index in [-0.39, 0.29) is 32.0 Å². The molecule has 0 aliphatic rings. The number of unbranched alkanes of at least 4 members (excludes halogenated alkanes) is 53. The minimum Gasteiger partial charge on any atom is -0.756 e. The molecule has 0 aromatic rings. The van der Waals surface area contributed by atoms with Gasteiger partial charge < -0.3 is 27.9 Å². The number of esters is 2. The molecule has 0 saturated carbocycles. The van der Waals surface area contributed by atoms with Crippen LogP contribution in [0.5, 0.6) is 0 Å². The predicted molar refractivity (Wildman–Crippen MR) is 407 cm³/mol. The molecule has 0 saturated heterocycles. The van der Waals surface area contributed by atoms with E-state index in [0.717, 1.165) is 64.2 Å². The molecular weight excluding hydrogens is 1180 g/mol. The average Bonchev–Trinajstić information content (AvgIpc) is 1.57. The number of nitrogens with zero attached hydrogens (tertiary/aromatic N) is 1. The predicted octanol–water partition coefficient (Wildman–Crippen LogP) is 26.7. The highest BCUT2D eigenvalue weighted by atomic mass is 31.2. The lowest BCUT2D eigenvalue weighted by atomic mass is 10.0. The van der Waals surface area contributed by atoms with Crippen molar-refractivity contribution in [1.29, 1.82) is 0 Å². The molecule has 0 heterocycles. The van der Waals surface area contributed by atoms with Crippen LogP contribution in [0.25, 0.3) is 0 Å². The third kappa shape index (κ3) is 78.7. The molecular formula is C84H158NO8P. The van der Waals surface area contributed by atoms with Crippen LogP contribution in [-0.4, -0.2) is 70.0 Å². The Bertz CT molecular complexity index is 1770. The first-order chi connectivity index (χ1) is 46.0. The maximum absolute atomic E-state index is 12.9. The zero-order valence-corrected chi connectivity index (χ0v) is 64.1. The summed E-state index contributed by atoms with van der Waals surface area (Å²) in [6, 6.07) is 0. The first kappa shape index (κ1) is 91.7. The van der Waals surface area contributed by atoms with E-state index >= 15 is 0 Å². The molecule has 0 bridgehead atoms. The van der Waals surface area contributed by atoms with Crippen molar-refractivity contribution in [2.75, 3.05) is 47.5 Å². The molecule has 0 aliphatic carbocycles. The normalized spacial score (nSPS) is 13.3. The van der Waals surface area contributed by atoms with Gasteiger partial charge >= 0.3 is 11.9 Å². The van der Waals surface area contributed by atoms with Gasteiger partial charge in [-0.25, -0.2) is 0 Å². The summed E-state index contributed by atoms with van der Waals surface area (Å²) in [5.41, 5.74) is 0. The number of allylic oxidation sites excluding steroid dienone is 10. The van der Waals surface area contributed by atoms with Crippen LogP contribution in [0.2, 0.25) is 0 Å². The average molecular weight is 1340 g/mol. The molecule has 552 valence electrons. The molecule has 10 heteroatoms. The maximum Gasteiger partial charge on any atom is 0.306 e. The van der Waals surface area contributed by atoms with E-state index in [1.54, 1.807) is 0 Å². The molecule has 0 rings (SSSR count). The van der Waals surface area contributed by atoms with Crippen LogP contribution in [0.3, 0.4) is 0 Å². The van der Waals surface area contributed by atoms with Gasteiger partial charge in [0.1, 0.15) is 19.8 Å². The van der Waals surface area contributed by atoms with E-state index in [1.807, 2.05) is 21.1 Å². The van der Waals surface area contributed by atoms with Gasteiger partial charge in [0.2, 0.25) is 0 Å². The molecule has 0 radical (unpaired) electrons. The molecule has 0 aromatic heterocycles. The highest BCUT2D eigenvalue weighted by Gasteiger charge is 2.22. The minimum absolute atomic E-state index is 0.0274. The van der Waals surface area contributed by atoms with Crippen LogP contribution in [0.15, 0.2) is 60.8 Å². The SMILES string of the molecule is CC/C=C\C/C=C\C/C=C\C/C=C\C/C=C\CCCCCCCCCCCCCCCCCCCCCCCCCCCC(=O)OC(COC(=O)CCCCCCCCCCCCCCCCCCCCCCCCCCCCCCC)COP(=O)([O-])OCC[N+](C)(C)C. The van der Waals surface area contributed by atoms with Gasteiger partial charge in [-0.1, -0.05) is 402 Å². The largest absolute Gasteiger partial charge is 0.756 e. The number of quaternary nitrogens is 1. The second-order valence-electron chi connectivity index (χ2n) is 29.1. The highest BCUT2D eigenvalue weighted by molar-refractivity contribution is 7.45. The quantitative estimate of drug-likeness (QED) is 0.0195. The molecule has 0 aromatic carbocycles. The number of carbonyl (C=O) groups is 2. The summed E-state index contributed by atoms with van der Waals surface area (Å²) in [5, 5.41) is 0. The van der Waals surface area contributed by atoms with Gasteiger partial charge in [-0.05, 0) is 57.8 Å². The van der Waals surface area contributed by atoms with E-state index in [1.165, 1.54) is 315 Å². The van der Waals surface area contributed by atoms with Gasteiger partial charge in [-0.3, -0.25) is 14.2 Å². The summed E-state index contributed by atoms with van der Waals surface area (Å²) in [5.74, 6) is -0.807. The Kier molecular flexibility index (Phi) is 73.1. The number of phosphoric acid groups is 1. The van der Waals surface area contributed by atoms with Gasteiger partial charge in [0.25, 0.3) is 7.82 Å². The second kappa shape index (κ2) is 74.9. The molecule has 2 unspecified atom stereocenters. The third-order valence-electron chi connectivity index (χ3n) is 18.6. The van der Waals surface area contributed by atoms with E-state index in [9.17, 15) is 19.0 Å². The summed E-state index contributed by atoms with van der Waals surface area (Å²) in [4.78, 5) is 38.2. The first-order valence-corrected chi connectivity index (χ1v) is 42.5. The Hall–Kier alpha value is -2.29. The van der Waals surface area contributed by atoms with Gasteiger partial charge in [0, 0.05) is 12.8 Å². The Morgan fingerprint density at radius 3 is 0.904 bits per heavy atom. The van der Waals surface area contributed by atoms with Crippen LogP contribution in [0, 0.1) is 0 Å². The second-order valence-corrected chi connectivity index (χ2v) is 30.5. The maximum atomic E-state index is 12.9. The van der Waals surface area contributed by atoms with Crippen LogP contribution in [0.4, 0.5) is 0 Å². The molecule has 2 atom stereocenters. The van der Waals surface area contributed by atoms with Gasteiger partial charge in [-0.2, -0.15) is 0 Å². The van der Waals surface area contributed by atoms with Crippen molar-refractivity contribution >= 4 is 19.8 Å². The topological polar surface area (TPSA) is 111 Å². The van der Waals surface area contributed by atoms with Crippen molar-refractivity contribution in [1.82, 2.24) is 0 Å². The standard InChI is InChI=1S/C84H158NO8P/c1-6-8-10-12-14-16-18-20-22-24-26-28-30-32-34-36-37-38-39-40-41-42-43-44-45-46-47-49-51-53-55-57-59-61-63-65-67-69-71-73-75-77-84(87)93-82(81-92-94(88,89)91-79-78-85(3,4)5)80-90-83(86)76-74-72-70-68-66-64-62-60-58-56-54-52-50-48-35-33-31-29-27-25-23-21-19-17-15-13-11-9-7-2/h8,10,14,16,20,22,26,28,32,34,82H,6-7,9,11-13,15,17-19,21,23-25,27,29-31,33,35-81H2,1-5H3/b10-8-,16-14-,22-20-,28-26-,34-32-. The minimum atomic E-state index is -4.64. The van der Waals surface area contributed by atoms with Crippen molar-refractivity contribution in [2.24, 2.45) is 0 Å². The fourth-order valence-corrected chi connectivity index (χ4v) is 13.1. The molecule has 0 N–H and O–H groups in total. The molecule has 0 amide bonds. The Morgan fingerprint density at radius 1 is 0.340 bits per heavy atom. The lowest BCUT2D eigenvalue weighted by Gasteiger charge is -2.28. The van der Waals surface area contributed by atoms with E-state index in [4.69, 9.17) is 18.5 Å². The Morgan fingerprint density at radius 2 is 0.606 bits per heavy atom. The summed E-state index contributed by atoms with van der Waals surface area (Å²) < 4.78 is 34.4. The summed E-state index contributed by atoms with van der Waals surface area (Å²) >= 11 is 0. The highest BCUT2D eigenvalue weighted by Crippen LogP contribution is 2.38. The van der Waals surface area contributed by atoms with Crippen molar-refractivity contribution in [3.05, 3.63) is 60.8 Å². The Balaban J connectivity index is 3.88. The number of phosphoric ester groups is 1. The first-order valence-electron chi connectivity index (χ1n) is 41.0. The van der Waals surface area contributed by atoms with Crippen LogP contribution < -0.4 is 4.89 Å². The van der Waals surface area contributed by atoms with Gasteiger partial charge in [0.15, 0.2) is 6.10 Å². The monoisotopic (exact) mass is 1340 g/mol. The molecule has 94 heavy (non-hydrogen) atoms. The molecule has 0 fully saturated rings. The summed E-state index contributed by atoms with van der Waals surface area (Å²) in [7, 11) is 1.19. The lowest BCUT2D eigenvalue weighted by molar-refractivity contribution is -0.870. The van der Waals surface area contributed by atoms with Crippen molar-refractivity contribution in [3.8, 4) is 0 Å². The number of likely N-dealkylation sites (N-methyl/N-ethyl adjacent to an activating group) is 1. The zero-order chi connectivity index (χ0) is 68.3. The van der Waals surface area contributed by atoms with Gasteiger partial charge in [-0.15, -0.1) is 0 Å². The zero-order valence-electron chi connectivity index (χ0n) is 63.2. The number of hydrogen-bond acceptors (Lipinski definition) is 8. The molecule has 0 aliphatic heterocycles. The smallest absolute Gasteiger partial charge is 0.306 e. The van der Waals surface area contributed by atoms with Crippen molar-refractivity contribution in [3.63, 3.8) is 0 Å². The number of rotatable bonds is 77. The lowest BCUT2D eigenvalue weighted by Crippen LogP contribution is -2.37. The fraction of sp³-hybridized carbons (Fsp3) is 0.857. The summed E-state index contributed by atoms with van der Waals surface area (Å²) in [6.07, 6.45) is 101. The number of carbonyl (C=O) groups excluding carboxylic acids is 2. The number of ether oxygens (including phenoxy) is 2. The van der Waals surface area contributed by atoms with Crippen LogP contribution in [-0.2, 0) is 32.7 Å². The summed E-state index contributed by atoms with van der Waals surface area (Å²) in [6.45, 7) is 4.21. The number of hydrogen-bond donors (Lipinski definition) is 0.